The van der Waals surface area contributed by atoms with E-state index in [1.165, 1.54) is 17.4 Å². The van der Waals surface area contributed by atoms with E-state index in [2.05, 4.69) is 20.1 Å². The summed E-state index contributed by atoms with van der Waals surface area (Å²) in [5, 5.41) is 6.71. The summed E-state index contributed by atoms with van der Waals surface area (Å²) in [6.07, 6.45) is 3.50. The summed E-state index contributed by atoms with van der Waals surface area (Å²) in [4.78, 5) is 23.2. The maximum Gasteiger partial charge on any atom is 0.251 e. The average Bonchev–Trinajstić information content (AvgIpc) is 2.97. The molecule has 19 heavy (non-hydrogen) atoms. The summed E-state index contributed by atoms with van der Waals surface area (Å²) in [6.45, 7) is 1.91. The Hall–Kier alpha value is -2.28. The number of nitrogens with one attached hydrogen (secondary N) is 1. The maximum atomic E-state index is 11.7. The number of rotatable bonds is 2. The van der Waals surface area contributed by atoms with E-state index in [9.17, 15) is 4.79 Å². The van der Waals surface area contributed by atoms with Crippen LogP contribution in [0.4, 0.5) is 0 Å². The molecule has 0 spiro atoms. The van der Waals surface area contributed by atoms with Crippen molar-refractivity contribution < 1.29 is 0 Å². The molecule has 3 heterocycles. The summed E-state index contributed by atoms with van der Waals surface area (Å²) in [6, 6.07) is 1.46. The Morgan fingerprint density at radius 1 is 1.37 bits per heavy atom. The molecule has 0 fully saturated rings. The van der Waals surface area contributed by atoms with Gasteiger partial charge >= 0.3 is 0 Å². The number of hydrogen-bond acceptors (Lipinski definition) is 5. The predicted molar refractivity (Wildman–Crippen MR) is 72.9 cm³/mol. The first-order chi connectivity index (χ1) is 9.11. The van der Waals surface area contributed by atoms with Gasteiger partial charge in [0.1, 0.15) is 0 Å². The average molecular weight is 273 g/mol. The Balaban J connectivity index is 2.13. The van der Waals surface area contributed by atoms with Gasteiger partial charge in [0.25, 0.3) is 5.56 Å². The van der Waals surface area contributed by atoms with Crippen molar-refractivity contribution in [2.45, 2.75) is 6.92 Å². The molecule has 3 aromatic heterocycles. The van der Waals surface area contributed by atoms with E-state index in [0.717, 1.165) is 11.3 Å². The van der Waals surface area contributed by atoms with Crippen LogP contribution in [0.5, 0.6) is 0 Å². The molecule has 3 aromatic rings. The molecule has 0 aromatic carbocycles. The van der Waals surface area contributed by atoms with Crippen LogP contribution in [0.2, 0.25) is 0 Å². The van der Waals surface area contributed by atoms with E-state index >= 15 is 0 Å². The van der Waals surface area contributed by atoms with E-state index in [1.807, 2.05) is 25.5 Å². The van der Waals surface area contributed by atoms with Crippen molar-refractivity contribution in [2.24, 2.45) is 7.05 Å². The smallest absolute Gasteiger partial charge is 0.251 e. The van der Waals surface area contributed by atoms with Gasteiger partial charge in [-0.1, -0.05) is 0 Å². The molecule has 0 unspecified atom stereocenters. The standard InChI is InChI=1S/C12H11N5OS/c1-7-6-19-12(14-7)11-15-9(3-10(18)16-11)8-4-13-17(2)5-8/h3-6H,1-2H3,(H,15,16,18). The number of nitrogens with zero attached hydrogens (tertiary/aromatic N) is 4. The lowest BCUT2D eigenvalue weighted by molar-refractivity contribution is 0.768. The number of thiazole rings is 1. The van der Waals surface area contributed by atoms with E-state index in [4.69, 9.17) is 0 Å². The highest BCUT2D eigenvalue weighted by Crippen LogP contribution is 2.21. The topological polar surface area (TPSA) is 76.5 Å². The van der Waals surface area contributed by atoms with Crippen LogP contribution < -0.4 is 5.56 Å². The molecule has 6 nitrogen and oxygen atoms in total. The number of H-pyrrole nitrogens is 1. The molecule has 96 valence electrons. The van der Waals surface area contributed by atoms with Crippen LogP contribution in [0.3, 0.4) is 0 Å². The van der Waals surface area contributed by atoms with Crippen LogP contribution in [0.15, 0.2) is 28.6 Å². The maximum absolute atomic E-state index is 11.7. The summed E-state index contributed by atoms with van der Waals surface area (Å²) >= 11 is 1.46. The molecule has 0 aliphatic heterocycles. The molecule has 0 amide bonds. The van der Waals surface area contributed by atoms with Gasteiger partial charge < -0.3 is 4.98 Å². The second-order valence-electron chi connectivity index (χ2n) is 4.18. The Morgan fingerprint density at radius 2 is 2.21 bits per heavy atom. The zero-order valence-electron chi connectivity index (χ0n) is 10.4. The van der Waals surface area contributed by atoms with Crippen LogP contribution in [0.1, 0.15) is 5.69 Å². The minimum atomic E-state index is -0.197. The van der Waals surface area contributed by atoms with Crippen molar-refractivity contribution in [3.63, 3.8) is 0 Å². The van der Waals surface area contributed by atoms with E-state index < -0.39 is 0 Å². The SMILES string of the molecule is Cc1csc(-c2nc(-c3cnn(C)c3)cc(=O)[nH]2)n1. The number of hydrogen-bond donors (Lipinski definition) is 1. The monoisotopic (exact) mass is 273 g/mol. The molecule has 0 bridgehead atoms. The molecular formula is C12H11N5OS. The normalized spacial score (nSPS) is 10.8. The fourth-order valence-corrected chi connectivity index (χ4v) is 2.46. The molecule has 0 atom stereocenters. The molecule has 0 saturated carbocycles. The first-order valence-corrected chi connectivity index (χ1v) is 6.53. The Labute approximate surface area is 112 Å². The van der Waals surface area contributed by atoms with Crippen molar-refractivity contribution in [1.29, 1.82) is 0 Å². The van der Waals surface area contributed by atoms with E-state index in [1.54, 1.807) is 10.9 Å². The highest BCUT2D eigenvalue weighted by Gasteiger charge is 2.10. The zero-order valence-corrected chi connectivity index (χ0v) is 11.2. The van der Waals surface area contributed by atoms with Gasteiger partial charge in [0, 0.05) is 35.9 Å². The molecule has 3 rings (SSSR count). The molecule has 1 N–H and O–H groups in total. The minimum Gasteiger partial charge on any atom is -0.304 e. The lowest BCUT2D eigenvalue weighted by Gasteiger charge is -1.99. The second-order valence-corrected chi connectivity index (χ2v) is 5.03. The van der Waals surface area contributed by atoms with Gasteiger partial charge in [-0.25, -0.2) is 9.97 Å². The second kappa shape index (κ2) is 4.43. The van der Waals surface area contributed by atoms with Gasteiger partial charge in [-0.3, -0.25) is 9.48 Å². The lowest BCUT2D eigenvalue weighted by atomic mass is 10.2. The summed E-state index contributed by atoms with van der Waals surface area (Å²) in [5.74, 6) is 0.490. The lowest BCUT2D eigenvalue weighted by Crippen LogP contribution is -2.08. The summed E-state index contributed by atoms with van der Waals surface area (Å²) in [5.41, 5.74) is 2.12. The third-order valence-corrected chi connectivity index (χ3v) is 3.53. The van der Waals surface area contributed by atoms with Crippen molar-refractivity contribution in [3.05, 3.63) is 39.9 Å². The zero-order chi connectivity index (χ0) is 13.4. The van der Waals surface area contributed by atoms with E-state index in [-0.39, 0.29) is 5.56 Å². The van der Waals surface area contributed by atoms with Crippen LogP contribution in [0.25, 0.3) is 22.1 Å². The van der Waals surface area contributed by atoms with Gasteiger partial charge in [0.2, 0.25) is 0 Å². The van der Waals surface area contributed by atoms with Crippen molar-refractivity contribution in [2.75, 3.05) is 0 Å². The Bertz CT molecular complexity index is 724. The Morgan fingerprint density at radius 3 is 2.84 bits per heavy atom. The summed E-state index contributed by atoms with van der Waals surface area (Å²) in [7, 11) is 1.82. The number of aromatic amines is 1. The largest absolute Gasteiger partial charge is 0.304 e. The highest BCUT2D eigenvalue weighted by atomic mass is 32.1. The molecular weight excluding hydrogens is 262 g/mol. The fraction of sp³-hybridized carbons (Fsp3) is 0.167. The molecule has 0 aliphatic carbocycles. The summed E-state index contributed by atoms with van der Waals surface area (Å²) < 4.78 is 1.67. The van der Waals surface area contributed by atoms with Gasteiger partial charge in [0.05, 0.1) is 11.9 Å². The quantitative estimate of drug-likeness (QED) is 0.769. The van der Waals surface area contributed by atoms with Gasteiger partial charge in [0.15, 0.2) is 10.8 Å². The van der Waals surface area contributed by atoms with Gasteiger partial charge in [-0.15, -0.1) is 11.3 Å². The van der Waals surface area contributed by atoms with Crippen molar-refractivity contribution in [3.8, 4) is 22.1 Å². The van der Waals surface area contributed by atoms with Crippen LogP contribution in [-0.2, 0) is 7.05 Å². The predicted octanol–water partition coefficient (Wildman–Crippen LogP) is 1.60. The number of aromatic nitrogens is 5. The van der Waals surface area contributed by atoms with Gasteiger partial charge in [-0.05, 0) is 6.92 Å². The van der Waals surface area contributed by atoms with Crippen molar-refractivity contribution in [1.82, 2.24) is 24.7 Å². The van der Waals surface area contributed by atoms with Crippen LogP contribution >= 0.6 is 11.3 Å². The third-order valence-electron chi connectivity index (χ3n) is 2.56. The fourth-order valence-electron chi connectivity index (χ4n) is 1.72. The first kappa shape index (κ1) is 11.8. The molecule has 0 saturated heterocycles. The molecule has 0 aliphatic rings. The number of aryl methyl sites for hydroxylation is 2. The van der Waals surface area contributed by atoms with E-state index in [0.29, 0.717) is 16.5 Å². The first-order valence-electron chi connectivity index (χ1n) is 5.65. The van der Waals surface area contributed by atoms with Crippen molar-refractivity contribution >= 4 is 11.3 Å². The minimum absolute atomic E-state index is 0.197. The third kappa shape index (κ3) is 2.32. The molecule has 7 heteroatoms. The van der Waals surface area contributed by atoms with Crippen LogP contribution in [-0.4, -0.2) is 24.7 Å². The van der Waals surface area contributed by atoms with Gasteiger partial charge in [-0.2, -0.15) is 5.10 Å². The Kier molecular flexibility index (Phi) is 2.75. The molecule has 0 radical (unpaired) electrons. The van der Waals surface area contributed by atoms with Crippen LogP contribution in [0, 0.1) is 6.92 Å². The highest BCUT2D eigenvalue weighted by molar-refractivity contribution is 7.13.